The van der Waals surface area contributed by atoms with E-state index < -0.39 is 0 Å². The summed E-state index contributed by atoms with van der Waals surface area (Å²) in [5, 5.41) is 5.10. The second-order valence-electron chi connectivity index (χ2n) is 5.20. The summed E-state index contributed by atoms with van der Waals surface area (Å²) in [5.74, 6) is 1.41. The highest BCUT2D eigenvalue weighted by molar-refractivity contribution is 6.34. The molecule has 0 saturated heterocycles. The van der Waals surface area contributed by atoms with Crippen molar-refractivity contribution in [2.45, 2.75) is 20.4 Å². The fraction of sp³-hybridized carbons (Fsp3) is 0.278. The summed E-state index contributed by atoms with van der Waals surface area (Å²) >= 11 is 6.22. The van der Waals surface area contributed by atoms with Crippen molar-refractivity contribution in [3.8, 4) is 11.5 Å². The Labute approximate surface area is 142 Å². The van der Waals surface area contributed by atoms with Crippen LogP contribution >= 0.6 is 11.6 Å². The largest absolute Gasteiger partial charge is 0.493 e. The van der Waals surface area contributed by atoms with Crippen LogP contribution in [0.25, 0.3) is 0 Å². The number of hydrogen-bond donors (Lipinski definition) is 1. The van der Waals surface area contributed by atoms with Gasteiger partial charge in [-0.05, 0) is 43.7 Å². The number of nitrogens with one attached hydrogen (secondary N) is 1. The Bertz CT molecular complexity index is 714. The number of benzene rings is 2. The summed E-state index contributed by atoms with van der Waals surface area (Å²) in [5.41, 5.74) is 7.05. The van der Waals surface area contributed by atoms with Crippen LogP contribution in [0.4, 0.5) is 0 Å². The summed E-state index contributed by atoms with van der Waals surface area (Å²) in [7, 11) is 3.24. The van der Waals surface area contributed by atoms with Crippen molar-refractivity contribution < 1.29 is 9.47 Å². The SMILES string of the molecule is COc1ccc(CN/N=C(\C)c2cc(C)ccc2Cl)cc1OC. The Balaban J connectivity index is 2.07. The molecule has 1 N–H and O–H groups in total. The minimum absolute atomic E-state index is 0.584. The summed E-state index contributed by atoms with van der Waals surface area (Å²) in [6.45, 7) is 4.55. The number of ether oxygens (including phenoxy) is 2. The molecule has 0 aliphatic rings. The second kappa shape index (κ2) is 7.88. The van der Waals surface area contributed by atoms with E-state index in [2.05, 4.69) is 10.5 Å². The van der Waals surface area contributed by atoms with Gasteiger partial charge in [0.25, 0.3) is 0 Å². The van der Waals surface area contributed by atoms with Crippen molar-refractivity contribution in [1.29, 1.82) is 0 Å². The van der Waals surface area contributed by atoms with Crippen LogP contribution in [0.2, 0.25) is 5.02 Å². The highest BCUT2D eigenvalue weighted by Gasteiger charge is 2.06. The first-order valence-corrected chi connectivity index (χ1v) is 7.67. The molecular formula is C18H21ClN2O2. The highest BCUT2D eigenvalue weighted by atomic mass is 35.5. The molecule has 0 unspecified atom stereocenters. The number of hydrazone groups is 1. The van der Waals surface area contributed by atoms with Crippen molar-refractivity contribution in [3.05, 3.63) is 58.1 Å². The van der Waals surface area contributed by atoms with Gasteiger partial charge in [0.2, 0.25) is 0 Å². The zero-order valence-electron chi connectivity index (χ0n) is 13.8. The normalized spacial score (nSPS) is 11.3. The number of rotatable bonds is 6. The summed E-state index contributed by atoms with van der Waals surface area (Å²) in [4.78, 5) is 0. The zero-order valence-corrected chi connectivity index (χ0v) is 14.6. The molecule has 4 nitrogen and oxygen atoms in total. The molecule has 23 heavy (non-hydrogen) atoms. The van der Waals surface area contributed by atoms with E-state index in [1.54, 1.807) is 14.2 Å². The Morgan fingerprint density at radius 1 is 1.09 bits per heavy atom. The molecule has 0 aliphatic heterocycles. The van der Waals surface area contributed by atoms with Crippen molar-refractivity contribution in [1.82, 2.24) is 5.43 Å². The van der Waals surface area contributed by atoms with Crippen molar-refractivity contribution in [3.63, 3.8) is 0 Å². The van der Waals surface area contributed by atoms with Crippen LogP contribution in [0, 0.1) is 6.92 Å². The predicted molar refractivity (Wildman–Crippen MR) is 94.8 cm³/mol. The molecule has 0 heterocycles. The quantitative estimate of drug-likeness (QED) is 0.637. The van der Waals surface area contributed by atoms with E-state index in [0.717, 1.165) is 22.4 Å². The second-order valence-corrected chi connectivity index (χ2v) is 5.61. The van der Waals surface area contributed by atoms with Gasteiger partial charge < -0.3 is 14.9 Å². The smallest absolute Gasteiger partial charge is 0.161 e. The molecule has 2 aromatic carbocycles. The first-order chi connectivity index (χ1) is 11.0. The zero-order chi connectivity index (χ0) is 16.8. The van der Waals surface area contributed by atoms with Gasteiger partial charge in [0, 0.05) is 10.6 Å². The lowest BCUT2D eigenvalue weighted by Gasteiger charge is -2.10. The molecule has 0 saturated carbocycles. The van der Waals surface area contributed by atoms with E-state index >= 15 is 0 Å². The molecule has 0 radical (unpaired) electrons. The molecule has 0 aliphatic carbocycles. The van der Waals surface area contributed by atoms with Gasteiger partial charge >= 0.3 is 0 Å². The third-order valence-corrected chi connectivity index (χ3v) is 3.82. The average Bonchev–Trinajstić information content (AvgIpc) is 2.56. The van der Waals surface area contributed by atoms with E-state index in [0.29, 0.717) is 23.1 Å². The van der Waals surface area contributed by atoms with Crippen LogP contribution in [0.1, 0.15) is 23.6 Å². The lowest BCUT2D eigenvalue weighted by molar-refractivity contribution is 0.354. The molecule has 0 amide bonds. The monoisotopic (exact) mass is 332 g/mol. The highest BCUT2D eigenvalue weighted by Crippen LogP contribution is 2.27. The first kappa shape index (κ1) is 17.2. The van der Waals surface area contributed by atoms with E-state index in [-0.39, 0.29) is 0 Å². The minimum Gasteiger partial charge on any atom is -0.493 e. The molecule has 0 aromatic heterocycles. The Morgan fingerprint density at radius 2 is 1.83 bits per heavy atom. The number of methoxy groups -OCH3 is 2. The predicted octanol–water partition coefficient (Wildman–Crippen LogP) is 4.18. The number of halogens is 1. The van der Waals surface area contributed by atoms with E-state index in [1.165, 1.54) is 0 Å². The summed E-state index contributed by atoms with van der Waals surface area (Å²) in [6, 6.07) is 11.7. The molecule has 2 rings (SSSR count). The number of hydrogen-bond acceptors (Lipinski definition) is 4. The van der Waals surface area contributed by atoms with Crippen molar-refractivity contribution >= 4 is 17.3 Å². The van der Waals surface area contributed by atoms with E-state index in [9.17, 15) is 0 Å². The van der Waals surface area contributed by atoms with Crippen LogP contribution in [-0.2, 0) is 6.54 Å². The molecule has 2 aromatic rings. The minimum atomic E-state index is 0.584. The fourth-order valence-electron chi connectivity index (χ4n) is 2.22. The number of nitrogens with zero attached hydrogens (tertiary/aromatic N) is 1. The van der Waals surface area contributed by atoms with E-state index in [4.69, 9.17) is 21.1 Å². The van der Waals surface area contributed by atoms with Crippen molar-refractivity contribution in [2.75, 3.05) is 14.2 Å². The topological polar surface area (TPSA) is 42.8 Å². The van der Waals surface area contributed by atoms with Crippen LogP contribution in [-0.4, -0.2) is 19.9 Å². The lowest BCUT2D eigenvalue weighted by Crippen LogP contribution is -2.10. The van der Waals surface area contributed by atoms with E-state index in [1.807, 2.05) is 50.2 Å². The van der Waals surface area contributed by atoms with Crippen LogP contribution in [0.15, 0.2) is 41.5 Å². The van der Waals surface area contributed by atoms with Gasteiger partial charge in [-0.25, -0.2) is 0 Å². The number of aryl methyl sites for hydroxylation is 1. The maximum atomic E-state index is 6.22. The Morgan fingerprint density at radius 3 is 2.52 bits per heavy atom. The van der Waals surface area contributed by atoms with Gasteiger partial charge in [-0.3, -0.25) is 0 Å². The molecule has 122 valence electrons. The average molecular weight is 333 g/mol. The molecule has 0 spiro atoms. The maximum Gasteiger partial charge on any atom is 0.161 e. The lowest BCUT2D eigenvalue weighted by atomic mass is 10.1. The van der Waals surface area contributed by atoms with Crippen LogP contribution < -0.4 is 14.9 Å². The summed E-state index contributed by atoms with van der Waals surface area (Å²) in [6.07, 6.45) is 0. The third-order valence-electron chi connectivity index (χ3n) is 3.49. The summed E-state index contributed by atoms with van der Waals surface area (Å²) < 4.78 is 10.5. The van der Waals surface area contributed by atoms with Gasteiger partial charge in [0.15, 0.2) is 11.5 Å². The standard InChI is InChI=1S/C18H21ClN2O2/c1-12-5-7-16(19)15(9-12)13(2)21-20-11-14-6-8-17(22-3)18(10-14)23-4/h5-10,20H,11H2,1-4H3/b21-13+. The fourth-order valence-corrected chi connectivity index (χ4v) is 2.47. The first-order valence-electron chi connectivity index (χ1n) is 7.29. The molecule has 5 heteroatoms. The van der Waals surface area contributed by atoms with Gasteiger partial charge in [-0.1, -0.05) is 29.3 Å². The maximum absolute atomic E-state index is 6.22. The van der Waals surface area contributed by atoms with Crippen LogP contribution in [0.5, 0.6) is 11.5 Å². The third kappa shape index (κ3) is 4.39. The van der Waals surface area contributed by atoms with Gasteiger partial charge in [-0.15, -0.1) is 0 Å². The molecule has 0 fully saturated rings. The Kier molecular flexibility index (Phi) is 5.88. The molecular weight excluding hydrogens is 312 g/mol. The molecule has 0 atom stereocenters. The van der Waals surface area contributed by atoms with Gasteiger partial charge in [0.05, 0.1) is 26.5 Å². The van der Waals surface area contributed by atoms with Gasteiger partial charge in [0.1, 0.15) is 0 Å². The molecule has 0 bridgehead atoms. The van der Waals surface area contributed by atoms with Crippen LogP contribution in [0.3, 0.4) is 0 Å². The van der Waals surface area contributed by atoms with Crippen molar-refractivity contribution in [2.24, 2.45) is 5.10 Å². The Hall–Kier alpha value is -2.20. The van der Waals surface area contributed by atoms with Gasteiger partial charge in [-0.2, -0.15) is 5.10 Å².